The van der Waals surface area contributed by atoms with E-state index < -0.39 is 0 Å². The summed E-state index contributed by atoms with van der Waals surface area (Å²) in [5, 5.41) is 0. The molecule has 15 heavy (non-hydrogen) atoms. The largest absolute Gasteiger partial charge is 0.0599 e. The first-order valence-corrected chi connectivity index (χ1v) is 5.89. The zero-order chi connectivity index (χ0) is 11.6. The van der Waals surface area contributed by atoms with E-state index in [1.165, 1.54) is 16.7 Å². The van der Waals surface area contributed by atoms with Crippen molar-refractivity contribution in [1.82, 2.24) is 0 Å². The summed E-state index contributed by atoms with van der Waals surface area (Å²) in [5.74, 6) is 0.630. The van der Waals surface area contributed by atoms with Gasteiger partial charge >= 0.3 is 0 Å². The lowest BCUT2D eigenvalue weighted by Gasteiger charge is -2.20. The van der Waals surface area contributed by atoms with Crippen LogP contribution in [-0.2, 0) is 6.42 Å². The number of hydrogen-bond donors (Lipinski definition) is 0. The van der Waals surface area contributed by atoms with Gasteiger partial charge in [-0.2, -0.15) is 0 Å². The minimum absolute atomic E-state index is 0.378. The molecule has 1 aromatic rings. The van der Waals surface area contributed by atoms with E-state index in [1.807, 2.05) is 0 Å². The highest BCUT2D eigenvalue weighted by Gasteiger charge is 2.12. The fourth-order valence-electron chi connectivity index (χ4n) is 2.03. The van der Waals surface area contributed by atoms with Gasteiger partial charge in [-0.05, 0) is 41.4 Å². The van der Waals surface area contributed by atoms with E-state index in [0.717, 1.165) is 6.42 Å². The van der Waals surface area contributed by atoms with E-state index in [2.05, 4.69) is 59.7 Å². The highest BCUT2D eigenvalue weighted by molar-refractivity contribution is 5.33. The van der Waals surface area contributed by atoms with Gasteiger partial charge in [0.1, 0.15) is 0 Å². The van der Waals surface area contributed by atoms with Crippen LogP contribution >= 0.6 is 0 Å². The van der Waals surface area contributed by atoms with E-state index in [1.54, 1.807) is 0 Å². The molecule has 0 heteroatoms. The number of rotatable bonds is 2. The number of hydrogen-bond acceptors (Lipinski definition) is 0. The maximum Gasteiger partial charge on any atom is -0.0216 e. The second-order valence-corrected chi connectivity index (χ2v) is 6.08. The smallest absolute Gasteiger partial charge is 0.0216 e. The third kappa shape index (κ3) is 3.70. The average Bonchev–Trinajstić information content (AvgIpc) is 2.05. The second kappa shape index (κ2) is 4.38. The molecular formula is C15H24. The Labute approximate surface area is 94.7 Å². The summed E-state index contributed by atoms with van der Waals surface area (Å²) in [6.07, 6.45) is 1.16. The molecule has 0 fully saturated rings. The minimum Gasteiger partial charge on any atom is -0.0599 e. The summed E-state index contributed by atoms with van der Waals surface area (Å²) in [6, 6.07) is 6.91. The van der Waals surface area contributed by atoms with Crippen molar-refractivity contribution in [3.63, 3.8) is 0 Å². The van der Waals surface area contributed by atoms with Gasteiger partial charge in [0.15, 0.2) is 0 Å². The van der Waals surface area contributed by atoms with Crippen molar-refractivity contribution in [2.75, 3.05) is 0 Å². The first-order chi connectivity index (χ1) is 6.79. The van der Waals surface area contributed by atoms with Crippen LogP contribution < -0.4 is 0 Å². The Morgan fingerprint density at radius 1 is 1.13 bits per heavy atom. The maximum absolute atomic E-state index is 2.38. The predicted octanol–water partition coefficient (Wildman–Crippen LogP) is 4.71. The Kier molecular flexibility index (Phi) is 3.59. The monoisotopic (exact) mass is 204 g/mol. The van der Waals surface area contributed by atoms with Crippen molar-refractivity contribution >= 4 is 0 Å². The second-order valence-electron chi connectivity index (χ2n) is 6.08. The SMILES string of the molecule is Cc1ccc(CC(C)(C)C)cc1C(C)C. The summed E-state index contributed by atoms with van der Waals surface area (Å²) < 4.78 is 0. The van der Waals surface area contributed by atoms with E-state index in [9.17, 15) is 0 Å². The molecule has 0 saturated carbocycles. The first kappa shape index (κ1) is 12.3. The maximum atomic E-state index is 2.38. The summed E-state index contributed by atoms with van der Waals surface area (Å²) in [6.45, 7) is 13.6. The predicted molar refractivity (Wildman–Crippen MR) is 68.4 cm³/mol. The summed E-state index contributed by atoms with van der Waals surface area (Å²) >= 11 is 0. The van der Waals surface area contributed by atoms with Gasteiger partial charge in [-0.3, -0.25) is 0 Å². The zero-order valence-corrected chi connectivity index (χ0v) is 11.0. The minimum atomic E-state index is 0.378. The van der Waals surface area contributed by atoms with Crippen LogP contribution in [0, 0.1) is 12.3 Å². The number of benzene rings is 1. The fourth-order valence-corrected chi connectivity index (χ4v) is 2.03. The first-order valence-electron chi connectivity index (χ1n) is 5.89. The summed E-state index contributed by atoms with van der Waals surface area (Å²) in [4.78, 5) is 0. The Hall–Kier alpha value is -0.780. The van der Waals surface area contributed by atoms with Gasteiger partial charge in [0.05, 0.1) is 0 Å². The molecule has 0 bridgehead atoms. The molecule has 1 rings (SSSR count). The van der Waals surface area contributed by atoms with Crippen LogP contribution in [0.15, 0.2) is 18.2 Å². The standard InChI is InChI=1S/C15H24/c1-11(2)14-9-13(8-7-12(14)3)10-15(4,5)6/h7-9,11H,10H2,1-6H3. The van der Waals surface area contributed by atoms with E-state index in [0.29, 0.717) is 11.3 Å². The molecule has 84 valence electrons. The molecule has 0 aliphatic rings. The van der Waals surface area contributed by atoms with Crippen molar-refractivity contribution < 1.29 is 0 Å². The van der Waals surface area contributed by atoms with Crippen molar-refractivity contribution in [2.24, 2.45) is 5.41 Å². The molecule has 0 aliphatic carbocycles. The van der Waals surface area contributed by atoms with Crippen LogP contribution in [-0.4, -0.2) is 0 Å². The lowest BCUT2D eigenvalue weighted by atomic mass is 9.86. The molecule has 0 saturated heterocycles. The zero-order valence-electron chi connectivity index (χ0n) is 11.0. The van der Waals surface area contributed by atoms with Gasteiger partial charge in [0, 0.05) is 0 Å². The molecule has 0 heterocycles. The molecule has 1 aromatic carbocycles. The van der Waals surface area contributed by atoms with Gasteiger partial charge in [0.25, 0.3) is 0 Å². The number of aryl methyl sites for hydroxylation is 1. The lowest BCUT2D eigenvalue weighted by Crippen LogP contribution is -2.09. The lowest BCUT2D eigenvalue weighted by molar-refractivity contribution is 0.411. The van der Waals surface area contributed by atoms with Crippen LogP contribution in [0.5, 0.6) is 0 Å². The van der Waals surface area contributed by atoms with Crippen LogP contribution in [0.4, 0.5) is 0 Å². The molecule has 0 aliphatic heterocycles. The molecule has 0 atom stereocenters. The fraction of sp³-hybridized carbons (Fsp3) is 0.600. The van der Waals surface area contributed by atoms with Crippen molar-refractivity contribution in [1.29, 1.82) is 0 Å². The third-order valence-electron chi connectivity index (χ3n) is 2.70. The van der Waals surface area contributed by atoms with E-state index in [4.69, 9.17) is 0 Å². The van der Waals surface area contributed by atoms with E-state index in [-0.39, 0.29) is 0 Å². The Morgan fingerprint density at radius 2 is 1.73 bits per heavy atom. The molecule has 0 spiro atoms. The Balaban J connectivity index is 2.98. The highest BCUT2D eigenvalue weighted by Crippen LogP contribution is 2.25. The quantitative estimate of drug-likeness (QED) is 0.654. The molecule has 0 unspecified atom stereocenters. The normalized spacial score (nSPS) is 12.2. The van der Waals surface area contributed by atoms with Crippen LogP contribution in [0.25, 0.3) is 0 Å². The summed E-state index contributed by atoms with van der Waals surface area (Å²) in [5.41, 5.74) is 4.76. The van der Waals surface area contributed by atoms with Gasteiger partial charge in [-0.15, -0.1) is 0 Å². The summed E-state index contributed by atoms with van der Waals surface area (Å²) in [7, 11) is 0. The molecule has 0 nitrogen and oxygen atoms in total. The van der Waals surface area contributed by atoms with Crippen molar-refractivity contribution in [2.45, 2.75) is 53.9 Å². The molecule has 0 radical (unpaired) electrons. The van der Waals surface area contributed by atoms with Crippen molar-refractivity contribution in [3.8, 4) is 0 Å². The van der Waals surface area contributed by atoms with Gasteiger partial charge < -0.3 is 0 Å². The van der Waals surface area contributed by atoms with Gasteiger partial charge in [0.2, 0.25) is 0 Å². The molecule has 0 amide bonds. The molecule has 0 aromatic heterocycles. The molecule has 0 N–H and O–H groups in total. The van der Waals surface area contributed by atoms with Crippen LogP contribution in [0.1, 0.15) is 57.2 Å². The van der Waals surface area contributed by atoms with Crippen molar-refractivity contribution in [3.05, 3.63) is 34.9 Å². The van der Waals surface area contributed by atoms with E-state index >= 15 is 0 Å². The third-order valence-corrected chi connectivity index (χ3v) is 2.70. The Bertz CT molecular complexity index is 326. The van der Waals surface area contributed by atoms with Crippen LogP contribution in [0.3, 0.4) is 0 Å². The average molecular weight is 204 g/mol. The van der Waals surface area contributed by atoms with Gasteiger partial charge in [-0.25, -0.2) is 0 Å². The van der Waals surface area contributed by atoms with Gasteiger partial charge in [-0.1, -0.05) is 52.8 Å². The Morgan fingerprint density at radius 3 is 2.20 bits per heavy atom. The molecular weight excluding hydrogens is 180 g/mol. The van der Waals surface area contributed by atoms with Crippen LogP contribution in [0.2, 0.25) is 0 Å². The topological polar surface area (TPSA) is 0 Å². The highest BCUT2D eigenvalue weighted by atomic mass is 14.2.